The third kappa shape index (κ3) is 2.60. The van der Waals surface area contributed by atoms with Crippen LogP contribution >= 0.6 is 0 Å². The summed E-state index contributed by atoms with van der Waals surface area (Å²) in [6, 6.07) is 5.50. The molecule has 0 radical (unpaired) electrons. The zero-order valence-electron chi connectivity index (χ0n) is 11.3. The summed E-state index contributed by atoms with van der Waals surface area (Å²) in [7, 11) is 0. The molecule has 0 aromatic carbocycles. The predicted molar refractivity (Wildman–Crippen MR) is 72.2 cm³/mol. The van der Waals surface area contributed by atoms with Gasteiger partial charge in [0, 0.05) is 18.2 Å². The summed E-state index contributed by atoms with van der Waals surface area (Å²) in [6.45, 7) is 3.07. The first-order chi connectivity index (χ1) is 9.74. The third-order valence-corrected chi connectivity index (χ3v) is 3.59. The Hall–Kier alpha value is -2.08. The minimum absolute atomic E-state index is 0.125. The van der Waals surface area contributed by atoms with Crippen molar-refractivity contribution in [2.45, 2.75) is 31.8 Å². The second kappa shape index (κ2) is 5.50. The van der Waals surface area contributed by atoms with Crippen molar-refractivity contribution in [3.63, 3.8) is 0 Å². The van der Waals surface area contributed by atoms with Crippen molar-refractivity contribution in [1.82, 2.24) is 15.8 Å². The highest BCUT2D eigenvalue weighted by Crippen LogP contribution is 2.20. The Morgan fingerprint density at radius 2 is 2.40 bits per heavy atom. The number of hydrogen-bond donors (Lipinski definition) is 2. The van der Waals surface area contributed by atoms with E-state index in [0.29, 0.717) is 11.5 Å². The molecule has 1 aliphatic heterocycles. The van der Waals surface area contributed by atoms with Gasteiger partial charge in [-0.05, 0) is 38.4 Å². The zero-order valence-corrected chi connectivity index (χ0v) is 11.3. The molecule has 6 heteroatoms. The molecule has 1 amide bonds. The Kier molecular flexibility index (Phi) is 3.56. The first-order valence-electron chi connectivity index (χ1n) is 6.79. The average Bonchev–Trinajstić information content (AvgIpc) is 3.11. The molecule has 2 aromatic rings. The maximum atomic E-state index is 12.1. The van der Waals surface area contributed by atoms with Gasteiger partial charge in [-0.3, -0.25) is 4.79 Å². The number of amides is 1. The van der Waals surface area contributed by atoms with Crippen molar-refractivity contribution in [2.75, 3.05) is 6.54 Å². The van der Waals surface area contributed by atoms with Gasteiger partial charge in [0.2, 0.25) is 5.76 Å². The Morgan fingerprint density at radius 3 is 3.15 bits per heavy atom. The van der Waals surface area contributed by atoms with Gasteiger partial charge in [0.1, 0.15) is 0 Å². The van der Waals surface area contributed by atoms with Gasteiger partial charge in [-0.25, -0.2) is 0 Å². The van der Waals surface area contributed by atoms with Crippen LogP contribution in [0.1, 0.15) is 30.3 Å². The van der Waals surface area contributed by atoms with E-state index < -0.39 is 0 Å². The summed E-state index contributed by atoms with van der Waals surface area (Å²) in [6.07, 6.45) is 3.58. The number of rotatable bonds is 3. The van der Waals surface area contributed by atoms with Crippen molar-refractivity contribution in [3.05, 3.63) is 30.2 Å². The molecule has 0 spiro atoms. The fraction of sp³-hybridized carbons (Fsp3) is 0.429. The number of aromatic nitrogens is 1. The van der Waals surface area contributed by atoms with Crippen LogP contribution in [0.4, 0.5) is 0 Å². The molecule has 20 heavy (non-hydrogen) atoms. The second-order valence-corrected chi connectivity index (χ2v) is 5.02. The van der Waals surface area contributed by atoms with E-state index in [4.69, 9.17) is 8.94 Å². The number of nitrogens with zero attached hydrogens (tertiary/aromatic N) is 1. The Balaban J connectivity index is 1.68. The van der Waals surface area contributed by atoms with Gasteiger partial charge in [-0.1, -0.05) is 5.16 Å². The standard InChI is InChI=1S/C14H17N3O3/c1-9-10(4-2-6-15-9)16-14(18)11-8-13(20-17-11)12-5-3-7-19-12/h3,5,7-10,15H,2,4,6H2,1H3,(H,16,18). The summed E-state index contributed by atoms with van der Waals surface area (Å²) >= 11 is 0. The summed E-state index contributed by atoms with van der Waals surface area (Å²) in [4.78, 5) is 12.1. The maximum absolute atomic E-state index is 12.1. The monoisotopic (exact) mass is 275 g/mol. The van der Waals surface area contributed by atoms with E-state index in [1.54, 1.807) is 24.5 Å². The van der Waals surface area contributed by atoms with Crippen LogP contribution in [-0.4, -0.2) is 29.7 Å². The Labute approximate surface area is 116 Å². The molecule has 1 aliphatic rings. The van der Waals surface area contributed by atoms with Crippen molar-refractivity contribution >= 4 is 5.91 Å². The largest absolute Gasteiger partial charge is 0.461 e. The van der Waals surface area contributed by atoms with Crippen molar-refractivity contribution < 1.29 is 13.7 Å². The van der Waals surface area contributed by atoms with E-state index in [1.807, 2.05) is 0 Å². The van der Waals surface area contributed by atoms with Gasteiger partial charge in [-0.15, -0.1) is 0 Å². The van der Waals surface area contributed by atoms with Gasteiger partial charge in [-0.2, -0.15) is 0 Å². The molecule has 2 N–H and O–H groups in total. The van der Waals surface area contributed by atoms with E-state index in [1.165, 1.54) is 0 Å². The quantitative estimate of drug-likeness (QED) is 0.893. The molecule has 0 aliphatic carbocycles. The van der Waals surface area contributed by atoms with Crippen LogP contribution in [0.2, 0.25) is 0 Å². The molecule has 1 fully saturated rings. The van der Waals surface area contributed by atoms with Gasteiger partial charge in [0.25, 0.3) is 5.91 Å². The minimum Gasteiger partial charge on any atom is -0.461 e. The molecule has 0 saturated carbocycles. The van der Waals surface area contributed by atoms with Crippen molar-refractivity contribution in [3.8, 4) is 11.5 Å². The molecule has 1 saturated heterocycles. The summed E-state index contributed by atoms with van der Waals surface area (Å²) in [5.74, 6) is 0.798. The first-order valence-corrected chi connectivity index (χ1v) is 6.79. The molecule has 6 nitrogen and oxygen atoms in total. The SMILES string of the molecule is CC1NCCCC1NC(=O)c1cc(-c2ccco2)on1. The van der Waals surface area contributed by atoms with E-state index in [-0.39, 0.29) is 23.7 Å². The average molecular weight is 275 g/mol. The summed E-state index contributed by atoms with van der Waals surface area (Å²) in [5, 5.41) is 10.1. The van der Waals surface area contributed by atoms with E-state index in [0.717, 1.165) is 19.4 Å². The molecule has 3 heterocycles. The van der Waals surface area contributed by atoms with Gasteiger partial charge < -0.3 is 19.6 Å². The van der Waals surface area contributed by atoms with Crippen molar-refractivity contribution in [2.24, 2.45) is 0 Å². The van der Waals surface area contributed by atoms with Gasteiger partial charge >= 0.3 is 0 Å². The number of carbonyl (C=O) groups is 1. The highest BCUT2D eigenvalue weighted by atomic mass is 16.5. The van der Waals surface area contributed by atoms with Crippen LogP contribution in [0.15, 0.2) is 33.4 Å². The third-order valence-electron chi connectivity index (χ3n) is 3.59. The molecule has 0 bridgehead atoms. The lowest BCUT2D eigenvalue weighted by Gasteiger charge is -2.30. The molecule has 2 aromatic heterocycles. The normalized spacial score (nSPS) is 22.6. The number of furan rings is 1. The lowest BCUT2D eigenvalue weighted by atomic mass is 10.00. The van der Waals surface area contributed by atoms with E-state index in [2.05, 4.69) is 22.7 Å². The highest BCUT2D eigenvalue weighted by molar-refractivity contribution is 5.93. The summed E-state index contributed by atoms with van der Waals surface area (Å²) in [5.41, 5.74) is 0.272. The minimum atomic E-state index is -0.216. The van der Waals surface area contributed by atoms with Crippen LogP contribution in [0.3, 0.4) is 0 Å². The molecule has 106 valence electrons. The first kappa shape index (κ1) is 12.9. The van der Waals surface area contributed by atoms with Crippen LogP contribution in [0.25, 0.3) is 11.5 Å². The Morgan fingerprint density at radius 1 is 1.50 bits per heavy atom. The number of nitrogens with one attached hydrogen (secondary N) is 2. The maximum Gasteiger partial charge on any atom is 0.273 e. The second-order valence-electron chi connectivity index (χ2n) is 5.02. The number of hydrogen-bond acceptors (Lipinski definition) is 5. The van der Waals surface area contributed by atoms with Gasteiger partial charge in [0.05, 0.1) is 6.26 Å². The lowest BCUT2D eigenvalue weighted by Crippen LogP contribution is -2.51. The van der Waals surface area contributed by atoms with E-state index >= 15 is 0 Å². The Bertz CT molecular complexity index is 576. The molecular formula is C14H17N3O3. The van der Waals surface area contributed by atoms with Crippen LogP contribution in [0, 0.1) is 0 Å². The topological polar surface area (TPSA) is 80.3 Å². The van der Waals surface area contributed by atoms with Crippen LogP contribution in [0.5, 0.6) is 0 Å². The van der Waals surface area contributed by atoms with Gasteiger partial charge in [0.15, 0.2) is 11.5 Å². The zero-order chi connectivity index (χ0) is 13.9. The fourth-order valence-electron chi connectivity index (χ4n) is 2.40. The lowest BCUT2D eigenvalue weighted by molar-refractivity contribution is 0.0910. The van der Waals surface area contributed by atoms with Crippen LogP contribution in [-0.2, 0) is 0 Å². The van der Waals surface area contributed by atoms with Crippen molar-refractivity contribution in [1.29, 1.82) is 0 Å². The van der Waals surface area contributed by atoms with Crippen LogP contribution < -0.4 is 10.6 Å². The molecule has 2 unspecified atom stereocenters. The van der Waals surface area contributed by atoms with E-state index in [9.17, 15) is 4.79 Å². The fourth-order valence-corrected chi connectivity index (χ4v) is 2.40. The summed E-state index contributed by atoms with van der Waals surface area (Å²) < 4.78 is 10.3. The number of carbonyl (C=O) groups excluding carboxylic acids is 1. The molecule has 2 atom stereocenters. The molecular weight excluding hydrogens is 258 g/mol. The smallest absolute Gasteiger partial charge is 0.273 e. The predicted octanol–water partition coefficient (Wildman–Crippen LogP) is 1.80. The number of piperidine rings is 1. The highest BCUT2D eigenvalue weighted by Gasteiger charge is 2.24. The molecule has 3 rings (SSSR count).